The van der Waals surface area contributed by atoms with Crippen LogP contribution < -0.4 is 4.90 Å². The van der Waals surface area contributed by atoms with E-state index in [-0.39, 0.29) is 5.82 Å². The van der Waals surface area contributed by atoms with E-state index < -0.39 is 0 Å². The molecule has 1 atom stereocenters. The van der Waals surface area contributed by atoms with Gasteiger partial charge in [-0.1, -0.05) is 0 Å². The van der Waals surface area contributed by atoms with Crippen LogP contribution in [0.4, 0.5) is 10.1 Å². The van der Waals surface area contributed by atoms with E-state index in [2.05, 4.69) is 15.9 Å². The molecular weight excluding hydrogens is 241 g/mol. The predicted molar refractivity (Wildman–Crippen MR) is 72.5 cm³/mol. The quantitative estimate of drug-likeness (QED) is 0.817. The van der Waals surface area contributed by atoms with E-state index in [1.807, 2.05) is 0 Å². The highest BCUT2D eigenvalue weighted by Gasteiger charge is 2.30. The van der Waals surface area contributed by atoms with Crippen molar-refractivity contribution in [2.45, 2.75) is 25.3 Å². The second-order valence-electron chi connectivity index (χ2n) is 5.40. The Morgan fingerprint density at radius 1 is 1.21 bits per heavy atom. The molecule has 0 aromatic heterocycles. The zero-order valence-electron chi connectivity index (χ0n) is 11.0. The Kier molecular flexibility index (Phi) is 3.39. The fourth-order valence-electron chi connectivity index (χ4n) is 3.24. The van der Waals surface area contributed by atoms with Crippen LogP contribution in [0.25, 0.3) is 0 Å². The summed E-state index contributed by atoms with van der Waals surface area (Å²) in [6, 6.07) is 7.21. The standard InChI is InChI=1S/C15H18FN3/c16-13-3-4-15(12(9-13)10-17)19-8-5-14(11-19)18-6-1-2-7-18/h3-4,9,14H,1-2,5-8,11H2. The van der Waals surface area contributed by atoms with Gasteiger partial charge in [-0.05, 0) is 50.6 Å². The van der Waals surface area contributed by atoms with E-state index in [4.69, 9.17) is 5.26 Å². The summed E-state index contributed by atoms with van der Waals surface area (Å²) >= 11 is 0. The third-order valence-electron chi connectivity index (χ3n) is 4.24. The van der Waals surface area contributed by atoms with Gasteiger partial charge in [0.2, 0.25) is 0 Å². The Hall–Kier alpha value is -1.60. The van der Waals surface area contributed by atoms with E-state index in [1.165, 1.54) is 38.1 Å². The molecule has 1 unspecified atom stereocenters. The molecule has 0 amide bonds. The van der Waals surface area contributed by atoms with Gasteiger partial charge >= 0.3 is 0 Å². The van der Waals surface area contributed by atoms with E-state index >= 15 is 0 Å². The molecule has 2 aliphatic heterocycles. The molecule has 0 saturated carbocycles. The van der Waals surface area contributed by atoms with E-state index in [1.54, 1.807) is 6.07 Å². The second kappa shape index (κ2) is 5.18. The average molecular weight is 259 g/mol. The molecule has 2 fully saturated rings. The van der Waals surface area contributed by atoms with Gasteiger partial charge in [0.05, 0.1) is 11.3 Å². The van der Waals surface area contributed by atoms with E-state index in [0.717, 1.165) is 25.2 Å². The van der Waals surface area contributed by atoms with Crippen molar-refractivity contribution in [2.24, 2.45) is 0 Å². The predicted octanol–water partition coefficient (Wildman–Crippen LogP) is 2.37. The first-order valence-corrected chi connectivity index (χ1v) is 6.96. The molecule has 1 aromatic rings. The van der Waals surface area contributed by atoms with Gasteiger partial charge in [-0.3, -0.25) is 4.90 Å². The van der Waals surface area contributed by atoms with Crippen molar-refractivity contribution in [2.75, 3.05) is 31.1 Å². The lowest BCUT2D eigenvalue weighted by atomic mass is 10.1. The summed E-state index contributed by atoms with van der Waals surface area (Å²) in [6.45, 7) is 4.32. The molecule has 2 aliphatic rings. The summed E-state index contributed by atoms with van der Waals surface area (Å²) in [5, 5.41) is 9.13. The maximum atomic E-state index is 13.2. The summed E-state index contributed by atoms with van der Waals surface area (Å²) in [6.07, 6.45) is 3.75. The highest BCUT2D eigenvalue weighted by atomic mass is 19.1. The van der Waals surface area contributed by atoms with Gasteiger partial charge in [0.25, 0.3) is 0 Å². The normalized spacial score (nSPS) is 23.8. The van der Waals surface area contributed by atoms with Crippen molar-refractivity contribution in [1.82, 2.24) is 4.90 Å². The smallest absolute Gasteiger partial charge is 0.124 e. The highest BCUT2D eigenvalue weighted by molar-refractivity contribution is 5.60. The van der Waals surface area contributed by atoms with E-state index in [9.17, 15) is 4.39 Å². The third-order valence-corrected chi connectivity index (χ3v) is 4.24. The van der Waals surface area contributed by atoms with Crippen LogP contribution in [0.15, 0.2) is 18.2 Å². The molecule has 0 bridgehead atoms. The number of nitrogens with zero attached hydrogens (tertiary/aromatic N) is 3. The van der Waals surface area contributed by atoms with Gasteiger partial charge in [0, 0.05) is 19.1 Å². The molecular formula is C15H18FN3. The van der Waals surface area contributed by atoms with Gasteiger partial charge in [-0.2, -0.15) is 5.26 Å². The molecule has 2 saturated heterocycles. The molecule has 3 rings (SSSR count). The van der Waals surface area contributed by atoms with Crippen molar-refractivity contribution in [3.63, 3.8) is 0 Å². The van der Waals surface area contributed by atoms with Crippen molar-refractivity contribution in [3.8, 4) is 6.07 Å². The molecule has 4 heteroatoms. The van der Waals surface area contributed by atoms with Crippen LogP contribution in [0.5, 0.6) is 0 Å². The van der Waals surface area contributed by atoms with Crippen LogP contribution in [-0.2, 0) is 0 Å². The van der Waals surface area contributed by atoms with Crippen LogP contribution in [-0.4, -0.2) is 37.1 Å². The molecule has 1 aromatic carbocycles. The number of anilines is 1. The van der Waals surface area contributed by atoms with Gasteiger partial charge in [-0.15, -0.1) is 0 Å². The minimum Gasteiger partial charge on any atom is -0.369 e. The van der Waals surface area contributed by atoms with Crippen LogP contribution in [0.1, 0.15) is 24.8 Å². The summed E-state index contributed by atoms with van der Waals surface area (Å²) in [7, 11) is 0. The summed E-state index contributed by atoms with van der Waals surface area (Å²) in [5.41, 5.74) is 1.33. The maximum Gasteiger partial charge on any atom is 0.124 e. The Labute approximate surface area is 113 Å². The fourth-order valence-corrected chi connectivity index (χ4v) is 3.24. The van der Waals surface area contributed by atoms with Crippen molar-refractivity contribution in [1.29, 1.82) is 5.26 Å². The first-order valence-electron chi connectivity index (χ1n) is 6.96. The molecule has 0 aliphatic carbocycles. The number of likely N-dealkylation sites (tertiary alicyclic amines) is 1. The molecule has 0 radical (unpaired) electrons. The minimum atomic E-state index is -0.337. The Balaban J connectivity index is 1.75. The number of benzene rings is 1. The second-order valence-corrected chi connectivity index (χ2v) is 5.40. The monoisotopic (exact) mass is 259 g/mol. The summed E-state index contributed by atoms with van der Waals surface area (Å²) in [4.78, 5) is 4.77. The number of hydrogen-bond donors (Lipinski definition) is 0. The molecule has 100 valence electrons. The highest BCUT2D eigenvalue weighted by Crippen LogP contribution is 2.28. The number of halogens is 1. The zero-order valence-corrected chi connectivity index (χ0v) is 11.0. The average Bonchev–Trinajstić information content (AvgIpc) is 3.09. The van der Waals surface area contributed by atoms with E-state index in [0.29, 0.717) is 11.6 Å². The third kappa shape index (κ3) is 2.43. The van der Waals surface area contributed by atoms with Crippen molar-refractivity contribution >= 4 is 5.69 Å². The Morgan fingerprint density at radius 3 is 2.74 bits per heavy atom. The molecule has 0 N–H and O–H groups in total. The van der Waals surface area contributed by atoms with Gasteiger partial charge in [-0.25, -0.2) is 4.39 Å². The fraction of sp³-hybridized carbons (Fsp3) is 0.533. The van der Waals surface area contributed by atoms with Crippen LogP contribution >= 0.6 is 0 Å². The topological polar surface area (TPSA) is 30.3 Å². The lowest BCUT2D eigenvalue weighted by molar-refractivity contribution is 0.260. The Bertz CT molecular complexity index is 503. The molecule has 0 spiro atoms. The maximum absolute atomic E-state index is 13.2. The zero-order chi connectivity index (χ0) is 13.2. The number of nitriles is 1. The van der Waals surface area contributed by atoms with Crippen LogP contribution in [0.2, 0.25) is 0 Å². The largest absolute Gasteiger partial charge is 0.369 e. The summed E-state index contributed by atoms with van der Waals surface area (Å²) < 4.78 is 13.2. The Morgan fingerprint density at radius 2 is 2.00 bits per heavy atom. The lowest BCUT2D eigenvalue weighted by Crippen LogP contribution is -2.35. The van der Waals surface area contributed by atoms with Crippen LogP contribution in [0.3, 0.4) is 0 Å². The molecule has 2 heterocycles. The van der Waals surface area contributed by atoms with Gasteiger partial charge in [0.1, 0.15) is 11.9 Å². The van der Waals surface area contributed by atoms with Crippen molar-refractivity contribution in [3.05, 3.63) is 29.6 Å². The summed E-state index contributed by atoms with van der Waals surface area (Å²) in [5.74, 6) is -0.337. The molecule has 3 nitrogen and oxygen atoms in total. The number of rotatable bonds is 2. The number of hydrogen-bond acceptors (Lipinski definition) is 3. The first kappa shape index (κ1) is 12.4. The van der Waals surface area contributed by atoms with Crippen LogP contribution in [0, 0.1) is 17.1 Å². The van der Waals surface area contributed by atoms with Gasteiger partial charge in [0.15, 0.2) is 0 Å². The SMILES string of the molecule is N#Cc1cc(F)ccc1N1CCC(N2CCCC2)C1. The molecule has 19 heavy (non-hydrogen) atoms. The lowest BCUT2D eigenvalue weighted by Gasteiger charge is -2.24. The van der Waals surface area contributed by atoms with Gasteiger partial charge < -0.3 is 4.90 Å². The first-order chi connectivity index (χ1) is 9.28. The minimum absolute atomic E-state index is 0.337. The van der Waals surface area contributed by atoms with Crippen molar-refractivity contribution < 1.29 is 4.39 Å².